The van der Waals surface area contributed by atoms with Crippen molar-refractivity contribution in [2.24, 2.45) is 23.7 Å². The van der Waals surface area contributed by atoms with E-state index in [-0.39, 0.29) is 0 Å². The van der Waals surface area contributed by atoms with Crippen molar-refractivity contribution < 1.29 is 9.22 Å². The molecule has 0 radical (unpaired) electrons. The van der Waals surface area contributed by atoms with Crippen LogP contribution in [0.3, 0.4) is 0 Å². The first-order valence-electron chi connectivity index (χ1n) is 8.20. The number of nitrogens with zero attached hydrogens (tertiary/aromatic N) is 1. The molecule has 1 fully saturated rings. The van der Waals surface area contributed by atoms with Gasteiger partial charge in [-0.15, -0.1) is 0 Å². The van der Waals surface area contributed by atoms with Crippen LogP contribution in [0.4, 0.5) is 0 Å². The van der Waals surface area contributed by atoms with Crippen LogP contribution in [0.5, 0.6) is 0 Å². The zero-order chi connectivity index (χ0) is 14.5. The number of hydrogen-bond donors (Lipinski definition) is 0. The van der Waals surface area contributed by atoms with Crippen LogP contribution in [0, 0.1) is 23.7 Å². The van der Waals surface area contributed by atoms with Crippen molar-refractivity contribution in [3.05, 3.63) is 23.3 Å². The van der Waals surface area contributed by atoms with Gasteiger partial charge in [-0.3, -0.25) is 0 Å². The predicted octanol–water partition coefficient (Wildman–Crippen LogP) is 3.26. The van der Waals surface area contributed by atoms with Gasteiger partial charge in [-0.25, -0.2) is 0 Å². The van der Waals surface area contributed by atoms with Crippen molar-refractivity contribution in [2.45, 2.75) is 33.3 Å². The molecule has 112 valence electrons. The van der Waals surface area contributed by atoms with E-state index in [1.807, 2.05) is 0 Å². The van der Waals surface area contributed by atoms with Crippen molar-refractivity contribution >= 4 is 0 Å². The SMILES string of the molecule is CC1=C[C@H](C)[C@H]2CO[C@@H](C3=CCC[N+](C)(C)C3)[C@@H]1[C@@H]2C. The number of fused-ring (bicyclic) bond motifs is 2. The average molecular weight is 276 g/mol. The number of ether oxygens (including phenoxy) is 1. The summed E-state index contributed by atoms with van der Waals surface area (Å²) in [6, 6.07) is 0. The molecule has 2 heterocycles. The highest BCUT2D eigenvalue weighted by Gasteiger charge is 2.45. The summed E-state index contributed by atoms with van der Waals surface area (Å²) in [7, 11) is 4.68. The van der Waals surface area contributed by atoms with E-state index in [0.29, 0.717) is 23.9 Å². The molecule has 0 unspecified atom stereocenters. The summed E-state index contributed by atoms with van der Waals surface area (Å²) in [5, 5.41) is 0. The van der Waals surface area contributed by atoms with Gasteiger partial charge >= 0.3 is 0 Å². The summed E-state index contributed by atoms with van der Waals surface area (Å²) in [6.07, 6.45) is 6.51. The van der Waals surface area contributed by atoms with E-state index in [0.717, 1.165) is 23.6 Å². The third-order valence-corrected chi connectivity index (χ3v) is 5.88. The highest BCUT2D eigenvalue weighted by Crippen LogP contribution is 2.46. The average Bonchev–Trinajstić information content (AvgIpc) is 2.34. The zero-order valence-corrected chi connectivity index (χ0v) is 13.7. The molecule has 1 saturated heterocycles. The Morgan fingerprint density at radius 2 is 2.00 bits per heavy atom. The lowest BCUT2D eigenvalue weighted by atomic mass is 9.64. The van der Waals surface area contributed by atoms with Gasteiger partial charge in [0, 0.05) is 17.9 Å². The van der Waals surface area contributed by atoms with Gasteiger partial charge < -0.3 is 9.22 Å². The molecule has 3 aliphatic rings. The fourth-order valence-electron chi connectivity index (χ4n) is 4.73. The van der Waals surface area contributed by atoms with Crippen molar-refractivity contribution in [3.8, 4) is 0 Å². The Morgan fingerprint density at radius 1 is 1.25 bits per heavy atom. The molecule has 2 aliphatic heterocycles. The maximum atomic E-state index is 6.37. The Labute approximate surface area is 124 Å². The summed E-state index contributed by atoms with van der Waals surface area (Å²) in [4.78, 5) is 0. The normalized spacial score (nSPS) is 43.8. The summed E-state index contributed by atoms with van der Waals surface area (Å²) >= 11 is 0. The minimum absolute atomic E-state index is 0.336. The molecule has 2 nitrogen and oxygen atoms in total. The topological polar surface area (TPSA) is 9.23 Å². The number of allylic oxidation sites excluding steroid dienone is 1. The molecule has 5 atom stereocenters. The molecular weight excluding hydrogens is 246 g/mol. The van der Waals surface area contributed by atoms with E-state index in [9.17, 15) is 0 Å². The highest BCUT2D eigenvalue weighted by atomic mass is 16.5. The second kappa shape index (κ2) is 4.99. The predicted molar refractivity (Wildman–Crippen MR) is 83.3 cm³/mol. The molecule has 3 rings (SSSR count). The first kappa shape index (κ1) is 14.3. The fraction of sp³-hybridized carbons (Fsp3) is 0.778. The third-order valence-electron chi connectivity index (χ3n) is 5.88. The van der Waals surface area contributed by atoms with E-state index in [1.54, 1.807) is 11.1 Å². The van der Waals surface area contributed by atoms with Gasteiger partial charge in [0.2, 0.25) is 0 Å². The summed E-state index contributed by atoms with van der Waals surface area (Å²) in [5.41, 5.74) is 3.11. The van der Waals surface area contributed by atoms with Crippen molar-refractivity contribution in [2.75, 3.05) is 33.8 Å². The van der Waals surface area contributed by atoms with Gasteiger partial charge in [-0.2, -0.15) is 0 Å². The quantitative estimate of drug-likeness (QED) is 0.528. The van der Waals surface area contributed by atoms with Gasteiger partial charge in [0.05, 0.1) is 33.4 Å². The largest absolute Gasteiger partial charge is 0.373 e. The maximum absolute atomic E-state index is 6.37. The third kappa shape index (κ3) is 2.37. The second-order valence-corrected chi connectivity index (χ2v) is 7.96. The number of hydrogen-bond acceptors (Lipinski definition) is 1. The van der Waals surface area contributed by atoms with Gasteiger partial charge in [0.15, 0.2) is 0 Å². The standard InChI is InChI=1S/C18H30NO/c1-12-9-13(2)17-14(3)16(12)11-20-18(17)15-7-6-8-19(4,5)10-15/h7,9,12,14,16-18H,6,8,10-11H2,1-5H3/q+1/t12-,14+,16+,17-,18-/m0/s1. The molecule has 0 saturated carbocycles. The van der Waals surface area contributed by atoms with E-state index < -0.39 is 0 Å². The minimum atomic E-state index is 0.336. The van der Waals surface area contributed by atoms with Gasteiger partial charge in [0.1, 0.15) is 6.54 Å². The molecule has 1 aliphatic carbocycles. The highest BCUT2D eigenvalue weighted by molar-refractivity contribution is 5.24. The van der Waals surface area contributed by atoms with Gasteiger partial charge in [-0.1, -0.05) is 31.6 Å². The number of quaternary nitrogens is 1. The molecule has 2 bridgehead atoms. The summed E-state index contributed by atoms with van der Waals surface area (Å²) in [6.45, 7) is 10.5. The van der Waals surface area contributed by atoms with Crippen LogP contribution in [0.15, 0.2) is 23.3 Å². The lowest BCUT2D eigenvalue weighted by Gasteiger charge is -2.49. The van der Waals surface area contributed by atoms with Crippen molar-refractivity contribution in [1.82, 2.24) is 0 Å². The Balaban J connectivity index is 1.88. The molecule has 0 aromatic carbocycles. The zero-order valence-electron chi connectivity index (χ0n) is 13.7. The minimum Gasteiger partial charge on any atom is -0.373 e. The Morgan fingerprint density at radius 3 is 2.70 bits per heavy atom. The second-order valence-electron chi connectivity index (χ2n) is 7.96. The van der Waals surface area contributed by atoms with Gasteiger partial charge in [-0.05, 0) is 24.7 Å². The van der Waals surface area contributed by atoms with E-state index >= 15 is 0 Å². The van der Waals surface area contributed by atoms with Crippen molar-refractivity contribution in [3.63, 3.8) is 0 Å². The molecule has 0 aromatic rings. The monoisotopic (exact) mass is 276 g/mol. The van der Waals surface area contributed by atoms with Crippen LogP contribution in [-0.2, 0) is 4.74 Å². The lowest BCUT2D eigenvalue weighted by Crippen LogP contribution is -2.51. The molecule has 0 amide bonds. The first-order chi connectivity index (χ1) is 9.39. The fourth-order valence-corrected chi connectivity index (χ4v) is 4.73. The molecule has 2 heteroatoms. The lowest BCUT2D eigenvalue weighted by molar-refractivity contribution is -0.887. The van der Waals surface area contributed by atoms with Gasteiger partial charge in [0.25, 0.3) is 0 Å². The Bertz CT molecular complexity index is 448. The molecular formula is C18H30NO+. The number of likely N-dealkylation sites (N-methyl/N-ethyl adjacent to an activating group) is 1. The smallest absolute Gasteiger partial charge is 0.102 e. The van der Waals surface area contributed by atoms with Crippen LogP contribution in [0.25, 0.3) is 0 Å². The molecule has 0 spiro atoms. The van der Waals surface area contributed by atoms with Crippen LogP contribution < -0.4 is 0 Å². The van der Waals surface area contributed by atoms with E-state index in [4.69, 9.17) is 4.74 Å². The molecule has 0 N–H and O–H groups in total. The van der Waals surface area contributed by atoms with Crippen LogP contribution >= 0.6 is 0 Å². The Hall–Kier alpha value is -0.600. The first-order valence-corrected chi connectivity index (χ1v) is 8.20. The Kier molecular flexibility index (Phi) is 3.58. The van der Waals surface area contributed by atoms with Crippen LogP contribution in [-0.4, -0.2) is 44.4 Å². The van der Waals surface area contributed by atoms with Crippen LogP contribution in [0.2, 0.25) is 0 Å². The molecule has 0 aromatic heterocycles. The summed E-state index contributed by atoms with van der Waals surface area (Å²) < 4.78 is 7.48. The van der Waals surface area contributed by atoms with E-state index in [1.165, 1.54) is 13.0 Å². The van der Waals surface area contributed by atoms with Crippen molar-refractivity contribution in [1.29, 1.82) is 0 Å². The number of rotatable bonds is 1. The molecule has 20 heavy (non-hydrogen) atoms. The van der Waals surface area contributed by atoms with E-state index in [2.05, 4.69) is 47.0 Å². The maximum Gasteiger partial charge on any atom is 0.102 e. The van der Waals surface area contributed by atoms with Crippen LogP contribution in [0.1, 0.15) is 27.2 Å². The summed E-state index contributed by atoms with van der Waals surface area (Å²) in [5.74, 6) is 2.75.